The van der Waals surface area contributed by atoms with Crippen LogP contribution in [0.3, 0.4) is 0 Å². The number of hydrogen-bond acceptors (Lipinski definition) is 6. The third kappa shape index (κ3) is 11.7. The molecule has 14 heavy (non-hydrogen) atoms. The molecule has 0 aromatic heterocycles. The number of nitrogens with two attached hydrogens (primary N) is 1. The van der Waals surface area contributed by atoms with Gasteiger partial charge in [-0.1, -0.05) is 0 Å². The lowest BCUT2D eigenvalue weighted by molar-refractivity contribution is 0.0698. The van der Waals surface area contributed by atoms with E-state index in [1.807, 2.05) is 0 Å². The van der Waals surface area contributed by atoms with E-state index in [-0.39, 0.29) is 12.1 Å². The maximum absolute atomic E-state index is 8.34. The Labute approximate surface area is 83.5 Å². The van der Waals surface area contributed by atoms with Crippen LogP contribution in [-0.2, 0) is 0 Å². The summed E-state index contributed by atoms with van der Waals surface area (Å²) in [5.41, 5.74) is 3.94. The highest BCUT2D eigenvalue weighted by molar-refractivity contribution is 4.80. The first kappa shape index (κ1) is 19.3. The van der Waals surface area contributed by atoms with Gasteiger partial charge in [0, 0.05) is 6.54 Å². The first-order valence-electron chi connectivity index (χ1n) is 3.97. The second kappa shape index (κ2) is 12.7. The van der Waals surface area contributed by atoms with Crippen molar-refractivity contribution in [1.29, 1.82) is 0 Å². The van der Waals surface area contributed by atoms with E-state index in [1.54, 1.807) is 7.05 Å². The van der Waals surface area contributed by atoms with Gasteiger partial charge in [0.2, 0.25) is 0 Å². The molecule has 9 N–H and O–H groups in total. The predicted octanol–water partition coefficient (Wildman–Crippen LogP) is -3.97. The monoisotopic (exact) mass is 214 g/mol. The highest BCUT2D eigenvalue weighted by Gasteiger charge is 2.20. The summed E-state index contributed by atoms with van der Waals surface area (Å²) in [7, 11) is 1.80. The zero-order chi connectivity index (χ0) is 10.7. The third-order valence-electron chi connectivity index (χ3n) is 1.31. The molecular formula is C7H22N2O5. The summed E-state index contributed by atoms with van der Waals surface area (Å²) < 4.78 is 0. The van der Waals surface area contributed by atoms with Crippen LogP contribution >= 0.6 is 0 Å². The predicted molar refractivity (Wildman–Crippen MR) is 52.8 cm³/mol. The van der Waals surface area contributed by atoms with Crippen molar-refractivity contribution in [2.45, 2.75) is 5.54 Å². The summed E-state index contributed by atoms with van der Waals surface area (Å²) >= 11 is 0. The van der Waals surface area contributed by atoms with Crippen LogP contribution in [-0.4, -0.2) is 71.5 Å². The van der Waals surface area contributed by atoms with Gasteiger partial charge in [-0.05, 0) is 7.05 Å². The molecule has 0 spiro atoms. The molecule has 0 fully saturated rings. The van der Waals surface area contributed by atoms with Crippen LogP contribution in [0.25, 0.3) is 0 Å². The fourth-order valence-electron chi connectivity index (χ4n) is 0.262. The smallest absolute Gasteiger partial charge is 0.0856 e. The minimum absolute atomic E-state index is 0. The quantitative estimate of drug-likeness (QED) is 0.275. The Hall–Kier alpha value is -0.280. The highest BCUT2D eigenvalue weighted by Crippen LogP contribution is 1.93. The lowest BCUT2D eigenvalue weighted by Crippen LogP contribution is -2.50. The molecule has 0 bridgehead atoms. The van der Waals surface area contributed by atoms with Crippen LogP contribution in [0.15, 0.2) is 0 Å². The molecule has 0 radical (unpaired) electrons. The minimum atomic E-state index is -1.21. The minimum Gasteiger partial charge on any atom is -0.412 e. The van der Waals surface area contributed by atoms with E-state index >= 15 is 0 Å². The van der Waals surface area contributed by atoms with E-state index in [9.17, 15) is 0 Å². The molecule has 0 aliphatic carbocycles. The summed E-state index contributed by atoms with van der Waals surface area (Å²) in [6.45, 7) is -0.281. The second-order valence-corrected chi connectivity index (χ2v) is 2.66. The van der Waals surface area contributed by atoms with Gasteiger partial charge in [-0.3, -0.25) is 0 Å². The fourth-order valence-corrected chi connectivity index (χ4v) is 0.262. The number of hydrogen-bond donors (Lipinski definition) is 6. The summed E-state index contributed by atoms with van der Waals surface area (Å²) in [4.78, 5) is 0. The van der Waals surface area contributed by atoms with E-state index in [2.05, 4.69) is 5.32 Å². The Balaban J connectivity index is -0.000000177. The van der Waals surface area contributed by atoms with Crippen molar-refractivity contribution in [1.82, 2.24) is 5.32 Å². The van der Waals surface area contributed by atoms with Crippen molar-refractivity contribution in [3.63, 3.8) is 0 Å². The lowest BCUT2D eigenvalue weighted by atomic mass is 10.1. The average Bonchev–Trinajstić information content (AvgIpc) is 2.19. The summed E-state index contributed by atoms with van der Waals surface area (Å²) in [6, 6.07) is 0. The molecule has 0 heterocycles. The maximum atomic E-state index is 8.34. The first-order chi connectivity index (χ1) is 6.10. The normalized spacial score (nSPS) is 9.86. The van der Waals surface area contributed by atoms with Crippen molar-refractivity contribution in [2.24, 2.45) is 5.73 Å². The highest BCUT2D eigenvalue weighted by atomic mass is 16.3. The Morgan fingerprint density at radius 2 is 1.43 bits per heavy atom. The van der Waals surface area contributed by atoms with E-state index < -0.39 is 25.4 Å². The van der Waals surface area contributed by atoms with Crippen LogP contribution in [0.2, 0.25) is 0 Å². The van der Waals surface area contributed by atoms with E-state index in [0.29, 0.717) is 6.54 Å². The number of nitrogens with one attached hydrogen (secondary N) is 1. The van der Waals surface area contributed by atoms with Crippen molar-refractivity contribution in [3.8, 4) is 0 Å². The second-order valence-electron chi connectivity index (χ2n) is 2.66. The fraction of sp³-hybridized carbons (Fsp3) is 1.00. The molecule has 7 nitrogen and oxygen atoms in total. The lowest BCUT2D eigenvalue weighted by Gasteiger charge is -2.20. The van der Waals surface area contributed by atoms with Gasteiger partial charge < -0.3 is 37.0 Å². The molecule has 0 aliphatic heterocycles. The molecule has 0 aliphatic rings. The summed E-state index contributed by atoms with van der Waals surface area (Å²) in [6.07, 6.45) is 0. The molecule has 0 saturated heterocycles. The van der Waals surface area contributed by atoms with Crippen molar-refractivity contribution in [2.75, 3.05) is 40.0 Å². The number of aliphatic hydroxyl groups is 4. The zero-order valence-corrected chi connectivity index (χ0v) is 8.40. The molecule has 0 saturated carbocycles. The average molecular weight is 214 g/mol. The molecular weight excluding hydrogens is 192 g/mol. The molecule has 0 atom stereocenters. The Morgan fingerprint density at radius 1 is 1.07 bits per heavy atom. The van der Waals surface area contributed by atoms with Crippen LogP contribution in [0.4, 0.5) is 0 Å². The van der Waals surface area contributed by atoms with Gasteiger partial charge in [-0.25, -0.2) is 0 Å². The standard InChI is InChI=1S/C4H11NO3.C3H9NO.H2O/c5-4(1-6,2-7)3-8;1-4-2-3-5;/h6-8H,1-3,5H2;4-5H,2-3H2,1H3;1H2. The Kier molecular flexibility index (Phi) is 17.6. The molecule has 0 aromatic rings. The van der Waals surface area contributed by atoms with E-state index in [0.717, 1.165) is 0 Å². The van der Waals surface area contributed by atoms with Crippen LogP contribution in [0.5, 0.6) is 0 Å². The van der Waals surface area contributed by atoms with Gasteiger partial charge in [0.05, 0.1) is 32.0 Å². The van der Waals surface area contributed by atoms with Gasteiger partial charge >= 0.3 is 0 Å². The Bertz CT molecular complexity index is 89.8. The molecule has 0 aromatic carbocycles. The van der Waals surface area contributed by atoms with Gasteiger partial charge in [0.25, 0.3) is 0 Å². The van der Waals surface area contributed by atoms with Gasteiger partial charge in [0.1, 0.15) is 0 Å². The molecule has 0 unspecified atom stereocenters. The molecule has 0 amide bonds. The SMILES string of the molecule is CNCCO.NC(CO)(CO)CO.O. The van der Waals surface area contributed by atoms with Gasteiger partial charge in [0.15, 0.2) is 0 Å². The van der Waals surface area contributed by atoms with Crippen molar-refractivity contribution in [3.05, 3.63) is 0 Å². The summed E-state index contributed by atoms with van der Waals surface area (Å²) in [5.74, 6) is 0. The van der Waals surface area contributed by atoms with Crippen molar-refractivity contribution < 1.29 is 25.9 Å². The molecule has 0 rings (SSSR count). The maximum Gasteiger partial charge on any atom is 0.0856 e. The number of likely N-dealkylation sites (N-methyl/N-ethyl adjacent to an activating group) is 1. The van der Waals surface area contributed by atoms with Crippen LogP contribution in [0.1, 0.15) is 0 Å². The zero-order valence-electron chi connectivity index (χ0n) is 8.40. The first-order valence-corrected chi connectivity index (χ1v) is 3.97. The van der Waals surface area contributed by atoms with Crippen LogP contribution < -0.4 is 11.1 Å². The van der Waals surface area contributed by atoms with Crippen molar-refractivity contribution >= 4 is 0 Å². The number of aliphatic hydroxyl groups excluding tert-OH is 4. The topological polar surface area (TPSA) is 150 Å². The number of rotatable bonds is 5. The van der Waals surface area contributed by atoms with E-state index in [1.165, 1.54) is 0 Å². The molecule has 90 valence electrons. The summed E-state index contributed by atoms with van der Waals surface area (Å²) in [5, 5.41) is 35.8. The largest absolute Gasteiger partial charge is 0.412 e. The third-order valence-corrected chi connectivity index (χ3v) is 1.31. The molecule has 7 heteroatoms. The van der Waals surface area contributed by atoms with Gasteiger partial charge in [-0.15, -0.1) is 0 Å². The van der Waals surface area contributed by atoms with E-state index in [4.69, 9.17) is 26.2 Å². The Morgan fingerprint density at radius 3 is 1.43 bits per heavy atom. The van der Waals surface area contributed by atoms with Gasteiger partial charge in [-0.2, -0.15) is 0 Å². The van der Waals surface area contributed by atoms with Crippen LogP contribution in [0, 0.1) is 0 Å².